The maximum absolute atomic E-state index is 12.8. The molecule has 0 aromatic carbocycles. The zero-order valence-electron chi connectivity index (χ0n) is 13.3. The van der Waals surface area contributed by atoms with E-state index in [0.29, 0.717) is 13.0 Å². The normalized spacial score (nSPS) is 28.0. The first kappa shape index (κ1) is 14.8. The highest BCUT2D eigenvalue weighted by atomic mass is 19.1. The fourth-order valence-electron chi connectivity index (χ4n) is 3.97. The van der Waals surface area contributed by atoms with Gasteiger partial charge in [-0.2, -0.15) is 0 Å². The lowest BCUT2D eigenvalue weighted by molar-refractivity contribution is 0.0618. The molecular formula is C16H22FN5O. The minimum atomic E-state index is -0.347. The highest BCUT2D eigenvalue weighted by Crippen LogP contribution is 2.52. The first-order valence-corrected chi connectivity index (χ1v) is 8.30. The molecule has 1 aliphatic heterocycles. The number of halogens is 1. The predicted octanol–water partition coefficient (Wildman–Crippen LogP) is 1.93. The molecule has 4 rings (SSSR count). The molecule has 3 heterocycles. The van der Waals surface area contributed by atoms with Gasteiger partial charge in [0.15, 0.2) is 17.0 Å². The van der Waals surface area contributed by atoms with Crippen molar-refractivity contribution in [2.75, 3.05) is 18.1 Å². The van der Waals surface area contributed by atoms with E-state index in [4.69, 9.17) is 0 Å². The molecule has 1 aliphatic carbocycles. The van der Waals surface area contributed by atoms with Crippen molar-refractivity contribution in [3.63, 3.8) is 0 Å². The number of hydrogen-bond acceptors (Lipinski definition) is 5. The number of rotatable bonds is 5. The van der Waals surface area contributed by atoms with Crippen molar-refractivity contribution in [1.82, 2.24) is 19.5 Å². The van der Waals surface area contributed by atoms with Crippen molar-refractivity contribution in [3.8, 4) is 0 Å². The topological polar surface area (TPSA) is 67.1 Å². The van der Waals surface area contributed by atoms with E-state index < -0.39 is 0 Å². The van der Waals surface area contributed by atoms with Crippen LogP contribution in [0.2, 0.25) is 0 Å². The van der Waals surface area contributed by atoms with Gasteiger partial charge in [-0.15, -0.1) is 0 Å². The summed E-state index contributed by atoms with van der Waals surface area (Å²) in [6.07, 6.45) is 6.60. The fraction of sp³-hybridized carbons (Fsp3) is 0.688. The number of aromatic nitrogens is 4. The molecule has 7 heteroatoms. The van der Waals surface area contributed by atoms with Gasteiger partial charge in [-0.1, -0.05) is 0 Å². The molecule has 0 unspecified atom stereocenters. The number of alkyl halides is 1. The number of aliphatic hydroxyl groups is 1. The Morgan fingerprint density at radius 3 is 2.87 bits per heavy atom. The van der Waals surface area contributed by atoms with Crippen LogP contribution < -0.4 is 4.90 Å². The molecule has 2 fully saturated rings. The smallest absolute Gasteiger partial charge is 0.165 e. The van der Waals surface area contributed by atoms with Crippen LogP contribution in [0.5, 0.6) is 0 Å². The van der Waals surface area contributed by atoms with E-state index in [-0.39, 0.29) is 24.2 Å². The van der Waals surface area contributed by atoms with E-state index in [0.717, 1.165) is 42.8 Å². The van der Waals surface area contributed by atoms with Gasteiger partial charge in [0.2, 0.25) is 0 Å². The standard InChI is InChI=1S/C16H22FN5O/c1-11(23)2-4-21-10-20-13-14(21)18-9-19-15(13)22-5-3-16(22)6-12(7-16)8-17/h9-12,23H,2-8H2,1H3/t11-,12?,16?/m0/s1. The third kappa shape index (κ3) is 2.29. The van der Waals surface area contributed by atoms with Gasteiger partial charge in [-0.25, -0.2) is 15.0 Å². The van der Waals surface area contributed by atoms with Crippen molar-refractivity contribution >= 4 is 17.0 Å². The minimum absolute atomic E-state index is 0.0986. The van der Waals surface area contributed by atoms with Crippen LogP contribution in [0.15, 0.2) is 12.7 Å². The highest BCUT2D eigenvalue weighted by molar-refractivity contribution is 5.84. The summed E-state index contributed by atoms with van der Waals surface area (Å²) < 4.78 is 14.8. The number of aryl methyl sites for hydroxylation is 1. The van der Waals surface area contributed by atoms with E-state index >= 15 is 0 Å². The molecule has 1 atom stereocenters. The summed E-state index contributed by atoms with van der Waals surface area (Å²) in [7, 11) is 0. The second-order valence-corrected chi connectivity index (χ2v) is 7.00. The molecule has 23 heavy (non-hydrogen) atoms. The molecule has 124 valence electrons. The monoisotopic (exact) mass is 319 g/mol. The average molecular weight is 319 g/mol. The van der Waals surface area contributed by atoms with E-state index in [9.17, 15) is 9.50 Å². The molecule has 2 aromatic rings. The quantitative estimate of drug-likeness (QED) is 0.912. The lowest BCUT2D eigenvalue weighted by atomic mass is 9.62. The van der Waals surface area contributed by atoms with Crippen LogP contribution >= 0.6 is 0 Å². The third-order valence-electron chi connectivity index (χ3n) is 5.35. The molecule has 1 saturated carbocycles. The maximum atomic E-state index is 12.8. The van der Waals surface area contributed by atoms with Crippen molar-refractivity contribution in [2.45, 2.75) is 50.8 Å². The summed E-state index contributed by atoms with van der Waals surface area (Å²) in [5.41, 5.74) is 1.71. The summed E-state index contributed by atoms with van der Waals surface area (Å²) in [4.78, 5) is 15.6. The summed E-state index contributed by atoms with van der Waals surface area (Å²) in [6, 6.07) is 0. The Morgan fingerprint density at radius 2 is 2.22 bits per heavy atom. The van der Waals surface area contributed by atoms with Crippen molar-refractivity contribution < 1.29 is 9.50 Å². The first-order chi connectivity index (χ1) is 11.1. The Bertz CT molecular complexity index is 710. The molecular weight excluding hydrogens is 297 g/mol. The van der Waals surface area contributed by atoms with Gasteiger partial charge in [-0.05, 0) is 38.5 Å². The molecule has 1 saturated heterocycles. The van der Waals surface area contributed by atoms with E-state index in [1.54, 1.807) is 19.6 Å². The van der Waals surface area contributed by atoms with Crippen molar-refractivity contribution in [3.05, 3.63) is 12.7 Å². The molecule has 0 bridgehead atoms. The largest absolute Gasteiger partial charge is 0.393 e. The molecule has 1 N–H and O–H groups in total. The fourth-order valence-corrected chi connectivity index (χ4v) is 3.97. The molecule has 2 aliphatic rings. The van der Waals surface area contributed by atoms with E-state index in [1.165, 1.54) is 0 Å². The van der Waals surface area contributed by atoms with Crippen LogP contribution in [0.4, 0.5) is 10.2 Å². The molecule has 6 nitrogen and oxygen atoms in total. The maximum Gasteiger partial charge on any atom is 0.165 e. The van der Waals surface area contributed by atoms with E-state index in [2.05, 4.69) is 19.9 Å². The number of aliphatic hydroxyl groups excluding tert-OH is 1. The number of imidazole rings is 1. The van der Waals surface area contributed by atoms with Crippen LogP contribution in [-0.4, -0.2) is 49.5 Å². The van der Waals surface area contributed by atoms with Crippen LogP contribution in [-0.2, 0) is 6.54 Å². The number of fused-ring (bicyclic) bond motifs is 1. The number of hydrogen-bond donors (Lipinski definition) is 1. The van der Waals surface area contributed by atoms with E-state index in [1.807, 2.05) is 4.57 Å². The Kier molecular flexibility index (Phi) is 3.48. The van der Waals surface area contributed by atoms with Gasteiger partial charge in [0.1, 0.15) is 6.33 Å². The summed E-state index contributed by atoms with van der Waals surface area (Å²) in [5, 5.41) is 9.46. The lowest BCUT2D eigenvalue weighted by Gasteiger charge is -2.61. The average Bonchev–Trinajstić information content (AvgIpc) is 2.87. The van der Waals surface area contributed by atoms with Crippen molar-refractivity contribution in [1.29, 1.82) is 0 Å². The molecule has 2 aromatic heterocycles. The molecule has 1 spiro atoms. The zero-order valence-corrected chi connectivity index (χ0v) is 13.3. The zero-order chi connectivity index (χ0) is 16.0. The van der Waals surface area contributed by atoms with Gasteiger partial charge >= 0.3 is 0 Å². The van der Waals surface area contributed by atoms with Crippen molar-refractivity contribution in [2.24, 2.45) is 5.92 Å². The summed E-state index contributed by atoms with van der Waals surface area (Å²) >= 11 is 0. The predicted molar refractivity (Wildman–Crippen MR) is 85.0 cm³/mol. The van der Waals surface area contributed by atoms with Gasteiger partial charge in [-0.3, -0.25) is 4.39 Å². The molecule has 0 radical (unpaired) electrons. The Labute approximate surface area is 134 Å². The number of anilines is 1. The number of nitrogens with zero attached hydrogens (tertiary/aromatic N) is 5. The summed E-state index contributed by atoms with van der Waals surface area (Å²) in [6.45, 7) is 3.19. The van der Waals surface area contributed by atoms with Crippen LogP contribution in [0.25, 0.3) is 11.2 Å². The van der Waals surface area contributed by atoms with Gasteiger partial charge < -0.3 is 14.6 Å². The Balaban J connectivity index is 1.61. The second kappa shape index (κ2) is 5.40. The Hall–Kier alpha value is -1.76. The first-order valence-electron chi connectivity index (χ1n) is 8.30. The van der Waals surface area contributed by atoms with Crippen LogP contribution in [0.1, 0.15) is 32.6 Å². The SMILES string of the molecule is C[C@H](O)CCn1cnc2c(N3CCC34CC(CF)C4)ncnc21. The van der Waals surface area contributed by atoms with Gasteiger partial charge in [0, 0.05) is 18.6 Å². The van der Waals surface area contributed by atoms with Gasteiger partial charge in [0.05, 0.1) is 19.1 Å². The van der Waals surface area contributed by atoms with Crippen LogP contribution in [0, 0.1) is 5.92 Å². The molecule has 0 amide bonds. The summed E-state index contributed by atoms with van der Waals surface area (Å²) in [5.74, 6) is 1.08. The van der Waals surface area contributed by atoms with Gasteiger partial charge in [0.25, 0.3) is 0 Å². The minimum Gasteiger partial charge on any atom is -0.393 e. The lowest BCUT2D eigenvalue weighted by Crippen LogP contribution is -2.67. The second-order valence-electron chi connectivity index (χ2n) is 7.00. The Morgan fingerprint density at radius 1 is 1.39 bits per heavy atom. The highest BCUT2D eigenvalue weighted by Gasteiger charge is 2.54. The third-order valence-corrected chi connectivity index (χ3v) is 5.35. The van der Waals surface area contributed by atoms with Crippen LogP contribution in [0.3, 0.4) is 0 Å².